The normalized spacial score (nSPS) is 26.8. The molecule has 22 heavy (non-hydrogen) atoms. The fourth-order valence-corrected chi connectivity index (χ4v) is 4.04. The third-order valence-electron chi connectivity index (χ3n) is 5.11. The van der Waals surface area contributed by atoms with E-state index in [2.05, 4.69) is 11.8 Å². The van der Waals surface area contributed by atoms with E-state index in [4.69, 9.17) is 0 Å². The third-order valence-corrected chi connectivity index (χ3v) is 5.11. The van der Waals surface area contributed by atoms with Crippen LogP contribution in [-0.2, 0) is 10.4 Å². The fraction of sp³-hybridized carbons (Fsp3) is 0.611. The van der Waals surface area contributed by atoms with Gasteiger partial charge in [0.05, 0.1) is 0 Å². The minimum Gasteiger partial charge on any atom is -0.381 e. The number of likely N-dealkylation sites (N-methyl/N-ethyl adjacent to an activating group) is 1. The maximum Gasteiger partial charge on any atom is 0.224 e. The van der Waals surface area contributed by atoms with Crippen molar-refractivity contribution in [1.29, 1.82) is 0 Å². The number of piperidine rings is 1. The van der Waals surface area contributed by atoms with Gasteiger partial charge in [0.2, 0.25) is 5.91 Å². The van der Waals surface area contributed by atoms with Crippen molar-refractivity contribution < 1.29 is 9.90 Å². The van der Waals surface area contributed by atoms with Crippen LogP contribution >= 0.6 is 0 Å². The van der Waals surface area contributed by atoms with Gasteiger partial charge in [0.15, 0.2) is 0 Å². The maximum absolute atomic E-state index is 12.6. The van der Waals surface area contributed by atoms with Gasteiger partial charge >= 0.3 is 0 Å². The van der Waals surface area contributed by atoms with Crippen LogP contribution in [0.25, 0.3) is 0 Å². The predicted octanol–water partition coefficient (Wildman–Crippen LogP) is 2.85. The molecule has 0 aromatic heterocycles. The van der Waals surface area contributed by atoms with Crippen molar-refractivity contribution in [2.45, 2.75) is 57.2 Å². The third kappa shape index (κ3) is 2.30. The molecule has 0 bridgehead atoms. The standard InChI is InChI=1S/C18H26N2O2/c1-3-4-5-11-16(21)20-13-8-12-18(22)14-9-6-7-10-15(14)19(2)17(18)20/h6-7,9-10,17,22H,3-5,8,11-13H2,1-2H3. The van der Waals surface area contributed by atoms with Gasteiger partial charge in [0.1, 0.15) is 11.8 Å². The number of fused-ring (bicyclic) bond motifs is 3. The van der Waals surface area contributed by atoms with Crippen molar-refractivity contribution in [3.05, 3.63) is 29.8 Å². The molecule has 1 aromatic carbocycles. The number of nitrogens with zero attached hydrogens (tertiary/aromatic N) is 2. The summed E-state index contributed by atoms with van der Waals surface area (Å²) >= 11 is 0. The topological polar surface area (TPSA) is 43.8 Å². The Labute approximate surface area is 132 Å². The number of hydrogen-bond acceptors (Lipinski definition) is 3. The van der Waals surface area contributed by atoms with Crippen LogP contribution in [0.1, 0.15) is 51.0 Å². The average Bonchev–Trinajstić information content (AvgIpc) is 2.76. The SMILES string of the molecule is CCCCCC(=O)N1CCCC2(O)c3ccccc3N(C)C12. The Kier molecular flexibility index (Phi) is 4.13. The summed E-state index contributed by atoms with van der Waals surface area (Å²) in [4.78, 5) is 16.6. The monoisotopic (exact) mass is 302 g/mol. The summed E-state index contributed by atoms with van der Waals surface area (Å²) in [5.74, 6) is 0.177. The number of para-hydroxylation sites is 1. The Bertz CT molecular complexity index is 560. The molecule has 120 valence electrons. The van der Waals surface area contributed by atoms with E-state index >= 15 is 0 Å². The number of likely N-dealkylation sites (tertiary alicyclic amines) is 1. The first kappa shape index (κ1) is 15.3. The largest absolute Gasteiger partial charge is 0.381 e. The molecular weight excluding hydrogens is 276 g/mol. The molecule has 2 aliphatic heterocycles. The van der Waals surface area contributed by atoms with Gasteiger partial charge in [-0.2, -0.15) is 0 Å². The van der Waals surface area contributed by atoms with Crippen LogP contribution in [-0.4, -0.2) is 35.7 Å². The van der Waals surface area contributed by atoms with Gasteiger partial charge in [-0.3, -0.25) is 4.79 Å². The zero-order valence-corrected chi connectivity index (χ0v) is 13.6. The van der Waals surface area contributed by atoms with Gasteiger partial charge in [-0.05, 0) is 25.3 Å². The lowest BCUT2D eigenvalue weighted by Crippen LogP contribution is -2.60. The molecule has 1 saturated heterocycles. The van der Waals surface area contributed by atoms with Crippen LogP contribution in [0.5, 0.6) is 0 Å². The quantitative estimate of drug-likeness (QED) is 0.870. The van der Waals surface area contributed by atoms with Crippen molar-refractivity contribution in [3.8, 4) is 0 Å². The highest BCUT2D eigenvalue weighted by Crippen LogP contribution is 2.48. The summed E-state index contributed by atoms with van der Waals surface area (Å²) in [5, 5.41) is 11.3. The zero-order valence-electron chi connectivity index (χ0n) is 13.6. The number of hydrogen-bond donors (Lipinski definition) is 1. The Balaban J connectivity index is 1.86. The van der Waals surface area contributed by atoms with Crippen LogP contribution in [0.3, 0.4) is 0 Å². The van der Waals surface area contributed by atoms with Crippen molar-refractivity contribution in [2.75, 3.05) is 18.5 Å². The van der Waals surface area contributed by atoms with Crippen LogP contribution in [0.2, 0.25) is 0 Å². The molecule has 1 amide bonds. The number of carbonyl (C=O) groups excluding carboxylic acids is 1. The van der Waals surface area contributed by atoms with Gasteiger partial charge in [0, 0.05) is 31.3 Å². The molecule has 0 radical (unpaired) electrons. The van der Waals surface area contributed by atoms with Crippen LogP contribution < -0.4 is 4.90 Å². The minimum absolute atomic E-state index is 0.177. The highest BCUT2D eigenvalue weighted by molar-refractivity contribution is 5.78. The Morgan fingerprint density at radius 2 is 2.14 bits per heavy atom. The van der Waals surface area contributed by atoms with E-state index in [1.54, 1.807) is 0 Å². The molecule has 2 heterocycles. The van der Waals surface area contributed by atoms with E-state index in [9.17, 15) is 9.90 Å². The fourth-order valence-electron chi connectivity index (χ4n) is 4.04. The van der Waals surface area contributed by atoms with E-state index in [1.165, 1.54) is 0 Å². The summed E-state index contributed by atoms with van der Waals surface area (Å²) in [6, 6.07) is 7.99. The molecule has 1 aromatic rings. The summed E-state index contributed by atoms with van der Waals surface area (Å²) < 4.78 is 0. The first-order valence-electron chi connectivity index (χ1n) is 8.44. The Morgan fingerprint density at radius 3 is 2.91 bits per heavy atom. The van der Waals surface area contributed by atoms with Crippen LogP contribution in [0, 0.1) is 0 Å². The number of unbranched alkanes of at least 4 members (excludes halogenated alkanes) is 2. The van der Waals surface area contributed by atoms with Gasteiger partial charge < -0.3 is 14.9 Å². The van der Waals surface area contributed by atoms with Crippen LogP contribution in [0.4, 0.5) is 5.69 Å². The number of benzene rings is 1. The Morgan fingerprint density at radius 1 is 1.36 bits per heavy atom. The zero-order chi connectivity index (χ0) is 15.7. The second kappa shape index (κ2) is 5.92. The van der Waals surface area contributed by atoms with Crippen molar-refractivity contribution in [3.63, 3.8) is 0 Å². The average molecular weight is 302 g/mol. The van der Waals surface area contributed by atoms with E-state index in [-0.39, 0.29) is 12.1 Å². The first-order chi connectivity index (χ1) is 10.6. The number of carbonyl (C=O) groups is 1. The molecule has 3 rings (SSSR count). The lowest BCUT2D eigenvalue weighted by molar-refractivity contribution is -0.146. The molecule has 2 aliphatic rings. The first-order valence-corrected chi connectivity index (χ1v) is 8.44. The smallest absolute Gasteiger partial charge is 0.224 e. The number of rotatable bonds is 4. The summed E-state index contributed by atoms with van der Waals surface area (Å²) in [6.07, 6.45) is 5.05. The highest BCUT2D eigenvalue weighted by Gasteiger charge is 2.54. The predicted molar refractivity (Wildman–Crippen MR) is 87.6 cm³/mol. The van der Waals surface area contributed by atoms with Gasteiger partial charge in [-0.15, -0.1) is 0 Å². The van der Waals surface area contributed by atoms with E-state index in [0.717, 1.165) is 49.9 Å². The Hall–Kier alpha value is -1.55. The van der Waals surface area contributed by atoms with E-state index < -0.39 is 5.60 Å². The second-order valence-electron chi connectivity index (χ2n) is 6.57. The van der Waals surface area contributed by atoms with Crippen molar-refractivity contribution >= 4 is 11.6 Å². The van der Waals surface area contributed by atoms with Gasteiger partial charge in [0.25, 0.3) is 0 Å². The lowest BCUT2D eigenvalue weighted by atomic mass is 9.85. The van der Waals surface area contributed by atoms with Crippen molar-refractivity contribution in [2.24, 2.45) is 0 Å². The maximum atomic E-state index is 12.6. The second-order valence-corrected chi connectivity index (χ2v) is 6.57. The summed E-state index contributed by atoms with van der Waals surface area (Å²) in [6.45, 7) is 2.89. The van der Waals surface area contributed by atoms with E-state index in [0.29, 0.717) is 6.42 Å². The van der Waals surface area contributed by atoms with Crippen LogP contribution in [0.15, 0.2) is 24.3 Å². The molecule has 1 fully saturated rings. The van der Waals surface area contributed by atoms with E-state index in [1.807, 2.05) is 36.2 Å². The molecule has 1 N–H and O–H groups in total. The molecule has 2 atom stereocenters. The molecule has 4 nitrogen and oxygen atoms in total. The number of aliphatic hydroxyl groups is 1. The molecule has 0 aliphatic carbocycles. The molecule has 0 saturated carbocycles. The minimum atomic E-state index is -0.927. The van der Waals surface area contributed by atoms with Crippen molar-refractivity contribution in [1.82, 2.24) is 4.90 Å². The van der Waals surface area contributed by atoms with Gasteiger partial charge in [-0.25, -0.2) is 0 Å². The lowest BCUT2D eigenvalue weighted by Gasteiger charge is -2.45. The highest BCUT2D eigenvalue weighted by atomic mass is 16.3. The summed E-state index contributed by atoms with van der Waals surface area (Å²) in [5.41, 5.74) is 1.08. The summed E-state index contributed by atoms with van der Waals surface area (Å²) in [7, 11) is 1.99. The van der Waals surface area contributed by atoms with Gasteiger partial charge in [-0.1, -0.05) is 38.0 Å². The molecule has 2 unspecified atom stereocenters. The molecular formula is C18H26N2O2. The molecule has 4 heteroatoms. The number of anilines is 1. The number of amides is 1. The molecule has 0 spiro atoms.